The molecule has 17 heavy (non-hydrogen) atoms. The number of hydrogen-bond donors (Lipinski definition) is 0. The van der Waals surface area contributed by atoms with Gasteiger partial charge < -0.3 is 9.47 Å². The van der Waals surface area contributed by atoms with Gasteiger partial charge in [0.05, 0.1) is 0 Å². The Hall–Kier alpha value is -0.850. The van der Waals surface area contributed by atoms with E-state index in [4.69, 9.17) is 0 Å². The van der Waals surface area contributed by atoms with Crippen molar-refractivity contribution in [1.82, 2.24) is 0 Å². The molecule has 0 fully saturated rings. The topological polar surface area (TPSA) is 18.5 Å². The zero-order valence-electron chi connectivity index (χ0n) is 9.61. The summed E-state index contributed by atoms with van der Waals surface area (Å²) in [4.78, 5) is 0. The van der Waals surface area contributed by atoms with Crippen LogP contribution in [0.1, 0.15) is 20.3 Å². The molecule has 7 heteroatoms. The minimum Gasteiger partial charge on any atom is -0.402 e. The van der Waals surface area contributed by atoms with Gasteiger partial charge in [-0.2, -0.15) is 22.0 Å². The smallest absolute Gasteiger partial charge is 0.402 e. The number of rotatable bonds is 8. The lowest BCUT2D eigenvalue weighted by Gasteiger charge is -2.25. The highest BCUT2D eigenvalue weighted by atomic mass is 19.3. The van der Waals surface area contributed by atoms with Gasteiger partial charge in [-0.3, -0.25) is 0 Å². The van der Waals surface area contributed by atoms with Crippen LogP contribution in [0.2, 0.25) is 0 Å². The second-order valence-electron chi connectivity index (χ2n) is 3.71. The van der Waals surface area contributed by atoms with Crippen LogP contribution in [0.25, 0.3) is 0 Å². The fourth-order valence-electron chi connectivity index (χ4n) is 0.804. The molecule has 0 aromatic rings. The molecule has 0 saturated heterocycles. The van der Waals surface area contributed by atoms with E-state index in [2.05, 4.69) is 16.1 Å². The van der Waals surface area contributed by atoms with Crippen molar-refractivity contribution in [3.63, 3.8) is 0 Å². The minimum atomic E-state index is -4.98. The van der Waals surface area contributed by atoms with E-state index in [1.807, 2.05) is 0 Å². The van der Waals surface area contributed by atoms with Gasteiger partial charge >= 0.3 is 12.0 Å². The summed E-state index contributed by atoms with van der Waals surface area (Å²) in [5.74, 6) is -4.65. The van der Waals surface area contributed by atoms with Crippen LogP contribution in [0.4, 0.5) is 22.0 Å². The first-order valence-corrected chi connectivity index (χ1v) is 4.99. The van der Waals surface area contributed by atoms with Gasteiger partial charge in [0.1, 0.15) is 6.61 Å². The summed E-state index contributed by atoms with van der Waals surface area (Å²) < 4.78 is 70.7. The van der Waals surface area contributed by atoms with E-state index >= 15 is 0 Å². The molecule has 1 unspecified atom stereocenters. The van der Waals surface area contributed by atoms with Gasteiger partial charge in [0, 0.05) is 6.61 Å². The third kappa shape index (κ3) is 5.34. The SMILES string of the molecule is C=C(F)OC(F)(F)C(F)(F)COCC(C)CC. The summed E-state index contributed by atoms with van der Waals surface area (Å²) in [7, 11) is 0. The molecule has 0 spiro atoms. The number of hydrogen-bond acceptors (Lipinski definition) is 2. The molecule has 0 N–H and O–H groups in total. The maximum atomic E-state index is 12.9. The van der Waals surface area contributed by atoms with E-state index in [-0.39, 0.29) is 12.5 Å². The molecule has 0 saturated carbocycles. The van der Waals surface area contributed by atoms with Gasteiger partial charge in [0.25, 0.3) is 6.01 Å². The lowest BCUT2D eigenvalue weighted by atomic mass is 10.1. The van der Waals surface area contributed by atoms with Gasteiger partial charge in [-0.15, -0.1) is 0 Å². The van der Waals surface area contributed by atoms with E-state index in [0.29, 0.717) is 6.42 Å². The van der Waals surface area contributed by atoms with E-state index < -0.39 is 24.7 Å². The Labute approximate surface area is 96.4 Å². The number of alkyl halides is 4. The summed E-state index contributed by atoms with van der Waals surface area (Å²) in [5.41, 5.74) is 0. The molecule has 1 atom stereocenters. The summed E-state index contributed by atoms with van der Waals surface area (Å²) in [6.45, 7) is 4.22. The minimum absolute atomic E-state index is 0.0310. The third-order valence-corrected chi connectivity index (χ3v) is 2.05. The fraction of sp³-hybridized carbons (Fsp3) is 0.800. The third-order valence-electron chi connectivity index (χ3n) is 2.05. The van der Waals surface area contributed by atoms with Crippen LogP contribution in [-0.4, -0.2) is 25.2 Å². The Morgan fingerprint density at radius 2 is 1.82 bits per heavy atom. The number of ether oxygens (including phenoxy) is 2. The molecule has 0 aliphatic carbocycles. The predicted octanol–water partition coefficient (Wildman–Crippen LogP) is 3.73. The van der Waals surface area contributed by atoms with Gasteiger partial charge in [-0.1, -0.05) is 20.3 Å². The normalized spacial score (nSPS) is 14.5. The molecule has 0 aromatic carbocycles. The summed E-state index contributed by atoms with van der Waals surface area (Å²) in [6.07, 6.45) is -4.31. The Balaban J connectivity index is 4.30. The van der Waals surface area contributed by atoms with E-state index in [1.165, 1.54) is 0 Å². The number of halogens is 5. The second-order valence-corrected chi connectivity index (χ2v) is 3.71. The van der Waals surface area contributed by atoms with Crippen molar-refractivity contribution in [2.24, 2.45) is 5.92 Å². The fourth-order valence-corrected chi connectivity index (χ4v) is 0.804. The molecule has 0 radical (unpaired) electrons. The zero-order chi connectivity index (χ0) is 13.7. The van der Waals surface area contributed by atoms with E-state index in [0.717, 1.165) is 0 Å². The Morgan fingerprint density at radius 3 is 2.24 bits per heavy atom. The average Bonchev–Trinajstić information content (AvgIpc) is 2.14. The molecule has 2 nitrogen and oxygen atoms in total. The van der Waals surface area contributed by atoms with Crippen LogP contribution in [0.15, 0.2) is 12.6 Å². The standard InChI is InChI=1S/C10H15F5O2/c1-4-7(2)5-16-6-9(12,13)10(14,15)17-8(3)11/h7H,3-6H2,1-2H3. The molecule has 0 bridgehead atoms. The van der Waals surface area contributed by atoms with Gasteiger partial charge in [0.2, 0.25) is 0 Å². The van der Waals surface area contributed by atoms with Crippen LogP contribution in [-0.2, 0) is 9.47 Å². The monoisotopic (exact) mass is 262 g/mol. The van der Waals surface area contributed by atoms with Crippen molar-refractivity contribution >= 4 is 0 Å². The van der Waals surface area contributed by atoms with Gasteiger partial charge in [-0.25, -0.2) is 0 Å². The van der Waals surface area contributed by atoms with Crippen molar-refractivity contribution in [3.05, 3.63) is 12.6 Å². The van der Waals surface area contributed by atoms with Crippen LogP contribution < -0.4 is 0 Å². The molecule has 102 valence electrons. The molecule has 0 aromatic heterocycles. The highest BCUT2D eigenvalue weighted by Crippen LogP contribution is 2.37. The Bertz CT molecular complexity index is 255. The lowest BCUT2D eigenvalue weighted by molar-refractivity contribution is -0.348. The Morgan fingerprint density at radius 1 is 1.29 bits per heavy atom. The van der Waals surface area contributed by atoms with Crippen molar-refractivity contribution in [2.75, 3.05) is 13.2 Å². The van der Waals surface area contributed by atoms with Gasteiger partial charge in [0.15, 0.2) is 0 Å². The molecule has 0 aliphatic rings. The van der Waals surface area contributed by atoms with Crippen molar-refractivity contribution in [2.45, 2.75) is 32.3 Å². The van der Waals surface area contributed by atoms with Crippen molar-refractivity contribution in [3.8, 4) is 0 Å². The van der Waals surface area contributed by atoms with Gasteiger partial charge in [-0.05, 0) is 12.5 Å². The summed E-state index contributed by atoms with van der Waals surface area (Å²) in [5, 5.41) is 0. The predicted molar refractivity (Wildman–Crippen MR) is 51.5 cm³/mol. The van der Waals surface area contributed by atoms with Crippen LogP contribution in [0.5, 0.6) is 0 Å². The van der Waals surface area contributed by atoms with Crippen LogP contribution in [0, 0.1) is 5.92 Å². The quantitative estimate of drug-likeness (QED) is 0.490. The Kier molecular flexibility index (Phi) is 5.87. The highest BCUT2D eigenvalue weighted by molar-refractivity contribution is 4.81. The first-order chi connectivity index (χ1) is 7.62. The van der Waals surface area contributed by atoms with Crippen molar-refractivity contribution in [1.29, 1.82) is 0 Å². The lowest BCUT2D eigenvalue weighted by Crippen LogP contribution is -2.46. The highest BCUT2D eigenvalue weighted by Gasteiger charge is 2.60. The maximum absolute atomic E-state index is 12.9. The van der Waals surface area contributed by atoms with E-state index in [1.54, 1.807) is 13.8 Å². The summed E-state index contributed by atoms with van der Waals surface area (Å²) >= 11 is 0. The molecular formula is C10H15F5O2. The largest absolute Gasteiger partial charge is 0.468 e. The first-order valence-electron chi connectivity index (χ1n) is 4.99. The first kappa shape index (κ1) is 16.1. The molecule has 0 heterocycles. The molecule has 0 rings (SSSR count). The molecule has 0 amide bonds. The van der Waals surface area contributed by atoms with Crippen molar-refractivity contribution < 1.29 is 31.4 Å². The van der Waals surface area contributed by atoms with Crippen LogP contribution in [0.3, 0.4) is 0 Å². The molecule has 0 aliphatic heterocycles. The average molecular weight is 262 g/mol. The van der Waals surface area contributed by atoms with E-state index in [9.17, 15) is 22.0 Å². The zero-order valence-corrected chi connectivity index (χ0v) is 9.61. The second kappa shape index (κ2) is 6.18. The maximum Gasteiger partial charge on any atom is 0.468 e. The summed E-state index contributed by atoms with van der Waals surface area (Å²) in [6, 6.07) is -1.98. The van der Waals surface area contributed by atoms with Crippen LogP contribution >= 0.6 is 0 Å². The molecular weight excluding hydrogens is 247 g/mol.